The predicted octanol–water partition coefficient (Wildman–Crippen LogP) is 36.9. The van der Waals surface area contributed by atoms with Gasteiger partial charge in [-0.05, 0) is 317 Å². The molecule has 0 saturated carbocycles. The van der Waals surface area contributed by atoms with Crippen molar-refractivity contribution in [2.24, 2.45) is 0 Å². The number of pyridine rings is 3. The van der Waals surface area contributed by atoms with E-state index in [0.29, 0.717) is 0 Å². The Bertz CT molecular complexity index is 10400. The van der Waals surface area contributed by atoms with Crippen LogP contribution in [0.4, 0.5) is 0 Å². The van der Waals surface area contributed by atoms with Crippen molar-refractivity contribution in [2.45, 2.75) is 0 Å². The average molecular weight is 1790 g/mol. The van der Waals surface area contributed by atoms with Crippen molar-refractivity contribution in [2.75, 3.05) is 0 Å². The summed E-state index contributed by atoms with van der Waals surface area (Å²) in [6.07, 6.45) is 3.87. The molecule has 0 aliphatic carbocycles. The molecule has 0 unspecified atom stereocenters. The van der Waals surface area contributed by atoms with Gasteiger partial charge in [-0.2, -0.15) is 0 Å². The maximum atomic E-state index is 5.62. The van der Waals surface area contributed by atoms with Crippen molar-refractivity contribution in [3.8, 4) is 129 Å². The van der Waals surface area contributed by atoms with Crippen LogP contribution in [0.2, 0.25) is 0 Å². The van der Waals surface area contributed by atoms with E-state index >= 15 is 0 Å². The van der Waals surface area contributed by atoms with Crippen molar-refractivity contribution >= 4 is 183 Å². The first kappa shape index (κ1) is 79.2. The molecule has 0 aliphatic rings. The minimum Gasteiger partial charge on any atom is -0.292 e. The standard InChI is InChI=1S/C134H79N5S/c1-2-26-103(27-3-1)139-122-37-16-15-36-120(122)138-134(139)86-47-39-82(40-48-86)92-57-63-113-117(77-92)127(109-31-10-8-29-107(109)124(113)96-53-42-80-20-4-6-22-87(80)71-96)98-56-51-89-70-95(52-50-90(89)73-98)104-35-18-24-94-75-100(59-62-105(94)104)126-108-30-9-11-32-110(108)128(118-79-101(60-65-114(118)126)132-133-116(67-69-136-132)106-28-14-17-38-123(106)140-133)99-55-44-83-41-49-91(74-102(83)76-99)93-58-64-115-119(78-93)129(121-66-61-85-46-45-84-25-19-68-135-130(84)131(85)137-121)112-34-13-12-33-111(112)125(115)97-54-43-81-21-5-7-23-88(81)72-97/h1-79H. The van der Waals surface area contributed by atoms with Gasteiger partial charge >= 0.3 is 0 Å². The summed E-state index contributed by atoms with van der Waals surface area (Å²) >= 11 is 1.82. The number of imidazole rings is 1. The van der Waals surface area contributed by atoms with Crippen LogP contribution < -0.4 is 0 Å². The number of benzene rings is 24. The maximum Gasteiger partial charge on any atom is 0.145 e. The molecule has 29 aromatic rings. The van der Waals surface area contributed by atoms with Crippen LogP contribution in [-0.2, 0) is 0 Å². The van der Waals surface area contributed by atoms with E-state index in [1.165, 1.54) is 156 Å². The van der Waals surface area contributed by atoms with E-state index in [1.54, 1.807) is 0 Å². The lowest BCUT2D eigenvalue weighted by Crippen LogP contribution is -1.97. The Balaban J connectivity index is 0.555. The summed E-state index contributed by atoms with van der Waals surface area (Å²) in [6.45, 7) is 0. The first-order valence-corrected chi connectivity index (χ1v) is 48.8. The van der Waals surface area contributed by atoms with Crippen molar-refractivity contribution in [1.29, 1.82) is 0 Å². The lowest BCUT2D eigenvalue weighted by molar-refractivity contribution is 1.10. The van der Waals surface area contributed by atoms with E-state index < -0.39 is 0 Å². The average Bonchev–Trinajstić information content (AvgIpc) is 0.827. The van der Waals surface area contributed by atoms with Gasteiger partial charge in [-0.3, -0.25) is 14.5 Å². The molecule has 0 bridgehead atoms. The molecule has 0 aliphatic heterocycles. The highest BCUT2D eigenvalue weighted by Crippen LogP contribution is 2.53. The van der Waals surface area contributed by atoms with Crippen LogP contribution in [0.15, 0.2) is 480 Å². The zero-order chi connectivity index (χ0) is 91.7. The van der Waals surface area contributed by atoms with Gasteiger partial charge in [0.2, 0.25) is 0 Å². The molecule has 24 aromatic carbocycles. The lowest BCUT2D eigenvalue weighted by Gasteiger charge is -2.20. The van der Waals surface area contributed by atoms with E-state index in [0.717, 1.165) is 144 Å². The van der Waals surface area contributed by atoms with Crippen LogP contribution in [0.5, 0.6) is 0 Å². The molecule has 0 amide bonds. The second-order valence-electron chi connectivity index (χ2n) is 37.3. The fourth-order valence-electron chi connectivity index (χ4n) is 23.0. The highest BCUT2D eigenvalue weighted by molar-refractivity contribution is 7.26. The van der Waals surface area contributed by atoms with Gasteiger partial charge in [0, 0.05) is 61.0 Å². The molecular weight excluding hydrogens is 1710 g/mol. The predicted molar refractivity (Wildman–Crippen MR) is 595 cm³/mol. The molecule has 5 heterocycles. The Hall–Kier alpha value is -18.2. The van der Waals surface area contributed by atoms with Gasteiger partial charge in [0.1, 0.15) is 5.82 Å². The maximum absolute atomic E-state index is 5.62. The number of aromatic nitrogens is 5. The molecule has 0 spiro atoms. The van der Waals surface area contributed by atoms with Gasteiger partial charge in [-0.25, -0.2) is 9.97 Å². The van der Waals surface area contributed by atoms with Crippen LogP contribution in [-0.4, -0.2) is 24.5 Å². The number of nitrogens with zero attached hydrogens (tertiary/aromatic N) is 5. The summed E-state index contributed by atoms with van der Waals surface area (Å²) in [5.74, 6) is 0.910. The molecule has 0 fully saturated rings. The minimum absolute atomic E-state index is 0.890. The van der Waals surface area contributed by atoms with Crippen molar-refractivity contribution in [3.05, 3.63) is 480 Å². The van der Waals surface area contributed by atoms with Gasteiger partial charge in [-0.15, -0.1) is 11.3 Å². The molecular formula is C134H79N5S. The topological polar surface area (TPSA) is 56.5 Å². The number of hydrogen-bond donors (Lipinski definition) is 0. The van der Waals surface area contributed by atoms with E-state index in [9.17, 15) is 0 Å². The van der Waals surface area contributed by atoms with Crippen LogP contribution in [0.3, 0.4) is 0 Å². The van der Waals surface area contributed by atoms with E-state index in [-0.39, 0.29) is 0 Å². The molecule has 6 heteroatoms. The Labute approximate surface area is 809 Å². The Morgan fingerprint density at radius 2 is 0.586 bits per heavy atom. The van der Waals surface area contributed by atoms with Gasteiger partial charge in [0.25, 0.3) is 0 Å². The van der Waals surface area contributed by atoms with E-state index in [1.807, 2.05) is 29.8 Å². The first-order valence-electron chi connectivity index (χ1n) is 48.0. The molecule has 0 N–H and O–H groups in total. The molecule has 0 atom stereocenters. The van der Waals surface area contributed by atoms with Gasteiger partial charge in [0.15, 0.2) is 0 Å². The molecule has 0 saturated heterocycles. The lowest BCUT2D eigenvalue weighted by atomic mass is 9.83. The Morgan fingerprint density at radius 1 is 0.193 bits per heavy atom. The number of para-hydroxylation sites is 3. The highest BCUT2D eigenvalue weighted by Gasteiger charge is 2.27. The first-order chi connectivity index (χ1) is 69.4. The molecule has 5 aromatic heterocycles. The smallest absolute Gasteiger partial charge is 0.145 e. The van der Waals surface area contributed by atoms with Crippen LogP contribution in [0.25, 0.3) is 300 Å². The number of fused-ring (bicyclic) bond motifs is 18. The molecule has 140 heavy (non-hydrogen) atoms. The Kier molecular flexibility index (Phi) is 17.9. The van der Waals surface area contributed by atoms with Gasteiger partial charge in [0.05, 0.1) is 38.2 Å². The molecule has 29 rings (SSSR count). The van der Waals surface area contributed by atoms with Crippen molar-refractivity contribution in [3.63, 3.8) is 0 Å². The third kappa shape index (κ3) is 12.8. The fraction of sp³-hybridized carbons (Fsp3) is 0. The fourth-order valence-corrected chi connectivity index (χ4v) is 24.2. The van der Waals surface area contributed by atoms with Gasteiger partial charge < -0.3 is 0 Å². The summed E-state index contributed by atoms with van der Waals surface area (Å²) in [5.41, 5.74) is 28.7. The zero-order valence-corrected chi connectivity index (χ0v) is 76.6. The highest BCUT2D eigenvalue weighted by atomic mass is 32.1. The van der Waals surface area contributed by atoms with Crippen LogP contribution in [0.1, 0.15) is 0 Å². The number of rotatable bonds is 12. The van der Waals surface area contributed by atoms with E-state index in [4.69, 9.17) is 19.9 Å². The van der Waals surface area contributed by atoms with Crippen molar-refractivity contribution < 1.29 is 0 Å². The van der Waals surface area contributed by atoms with E-state index in [2.05, 4.69) is 466 Å². The number of hydrogen-bond acceptors (Lipinski definition) is 5. The second-order valence-corrected chi connectivity index (χ2v) is 38.4. The molecule has 5 nitrogen and oxygen atoms in total. The quantitative estimate of drug-likeness (QED) is 0.0903. The summed E-state index contributed by atoms with van der Waals surface area (Å²) in [5, 5.41) is 30.6. The zero-order valence-electron chi connectivity index (χ0n) is 75.8. The summed E-state index contributed by atoms with van der Waals surface area (Å²) in [6, 6.07) is 174. The largest absolute Gasteiger partial charge is 0.292 e. The minimum atomic E-state index is 0.890. The monoisotopic (exact) mass is 1790 g/mol. The summed E-state index contributed by atoms with van der Waals surface area (Å²) in [4.78, 5) is 21.1. The third-order valence-electron chi connectivity index (χ3n) is 29.5. The normalized spacial score (nSPS) is 12.0. The third-order valence-corrected chi connectivity index (χ3v) is 30.7. The summed E-state index contributed by atoms with van der Waals surface area (Å²) in [7, 11) is 0. The van der Waals surface area contributed by atoms with Crippen molar-refractivity contribution in [1.82, 2.24) is 24.5 Å². The second kappa shape index (κ2) is 31.7. The summed E-state index contributed by atoms with van der Waals surface area (Å²) < 4.78 is 4.71. The molecule has 0 radical (unpaired) electrons. The SMILES string of the molecule is c1ccc(-n2c(-c3ccc(-c4ccc5c(-c6ccc7ccccc7c6)c6ccccc6c(-c6ccc7cc(-c8cccc9cc(-c%10c%11ccccc%11c(-c%11ccc%12ccc(-c%13ccc%14c(-c%15ccc%16ccccc%16c%15)c%15ccccc%15c(-c%15ccc%16ccc%17cccnc%17c%16n%15)c%14c%13)cc%12c%11)c%11cc(-c%12nccc%13c%12sc%12ccccc%12%13)ccc%10%11)ccc89)ccc7c6)c5c4)cc3)nc3ccccc32)cc1. The molecule has 646 valence electrons. The Morgan fingerprint density at radius 3 is 1.22 bits per heavy atom. The number of thiophene rings is 1. The van der Waals surface area contributed by atoms with Crippen LogP contribution in [0, 0.1) is 0 Å². The van der Waals surface area contributed by atoms with Crippen LogP contribution >= 0.6 is 11.3 Å². The van der Waals surface area contributed by atoms with Gasteiger partial charge in [-0.1, -0.05) is 358 Å².